The maximum Gasteiger partial charge on any atom is 0.128 e. The Balaban J connectivity index is 2.07. The molecule has 0 atom stereocenters. The molecule has 0 N–H and O–H groups in total. The van der Waals surface area contributed by atoms with Crippen LogP contribution in [0.25, 0.3) is 0 Å². The summed E-state index contributed by atoms with van der Waals surface area (Å²) in [6, 6.07) is 8.30. The highest BCUT2D eigenvalue weighted by Gasteiger charge is 2.07. The molecule has 0 amide bonds. The molecule has 2 aromatic rings. The smallest absolute Gasteiger partial charge is 0.128 e. The minimum atomic E-state index is 0.532. The number of likely N-dealkylation sites (N-methyl/N-ethyl adjacent to an activating group) is 1. The number of nitrogens with zero attached hydrogens (tertiary/aromatic N) is 3. The number of aromatic nitrogens is 2. The molecule has 0 saturated carbocycles. The van der Waals surface area contributed by atoms with Gasteiger partial charge >= 0.3 is 0 Å². The highest BCUT2D eigenvalue weighted by atomic mass is 35.5. The van der Waals surface area contributed by atoms with E-state index in [4.69, 9.17) is 16.6 Å². The molecule has 112 valence electrons. The van der Waals surface area contributed by atoms with Crippen LogP contribution in [0.4, 0.5) is 5.82 Å². The van der Waals surface area contributed by atoms with Gasteiger partial charge in [-0.1, -0.05) is 13.3 Å². The summed E-state index contributed by atoms with van der Waals surface area (Å²) in [7, 11) is 2.08. The molecule has 2 aromatic heterocycles. The molecule has 0 aliphatic heterocycles. The summed E-state index contributed by atoms with van der Waals surface area (Å²) in [5.41, 5.74) is 3.56. The van der Waals surface area contributed by atoms with E-state index in [9.17, 15) is 0 Å². The molecule has 0 aliphatic rings. The first-order chi connectivity index (χ1) is 10.2. The van der Waals surface area contributed by atoms with Crippen molar-refractivity contribution in [1.29, 1.82) is 0 Å². The predicted octanol–water partition coefficient (Wildman–Crippen LogP) is 3.85. The summed E-state index contributed by atoms with van der Waals surface area (Å²) >= 11 is 6.00. The highest BCUT2D eigenvalue weighted by Crippen LogP contribution is 2.17. The lowest BCUT2D eigenvalue weighted by Gasteiger charge is -2.20. The molecule has 3 nitrogen and oxygen atoms in total. The van der Waals surface area contributed by atoms with E-state index in [0.29, 0.717) is 5.88 Å². The number of alkyl halides is 1. The number of pyridine rings is 2. The van der Waals surface area contributed by atoms with Crippen molar-refractivity contribution in [3.8, 4) is 0 Å². The van der Waals surface area contributed by atoms with Crippen molar-refractivity contribution < 1.29 is 0 Å². The topological polar surface area (TPSA) is 29.0 Å². The molecule has 4 heteroatoms. The first-order valence-corrected chi connectivity index (χ1v) is 7.92. The summed E-state index contributed by atoms with van der Waals surface area (Å²) in [4.78, 5) is 11.0. The Kier molecular flexibility index (Phi) is 6.00. The molecule has 0 saturated heterocycles. The van der Waals surface area contributed by atoms with E-state index in [1.165, 1.54) is 5.56 Å². The van der Waals surface area contributed by atoms with E-state index in [2.05, 4.69) is 48.1 Å². The Hall–Kier alpha value is -1.61. The van der Waals surface area contributed by atoms with Crippen molar-refractivity contribution >= 4 is 17.4 Å². The Morgan fingerprint density at radius 2 is 1.86 bits per heavy atom. The molecule has 0 spiro atoms. The quantitative estimate of drug-likeness (QED) is 0.728. The van der Waals surface area contributed by atoms with Crippen LogP contribution in [0.5, 0.6) is 0 Å². The summed E-state index contributed by atoms with van der Waals surface area (Å²) in [6.07, 6.45) is 6.74. The van der Waals surface area contributed by atoms with E-state index < -0.39 is 0 Å². The zero-order chi connectivity index (χ0) is 15.1. The minimum absolute atomic E-state index is 0.532. The van der Waals surface area contributed by atoms with Crippen LogP contribution in [-0.4, -0.2) is 23.6 Å². The van der Waals surface area contributed by atoms with Crippen molar-refractivity contribution in [3.63, 3.8) is 0 Å². The van der Waals surface area contributed by atoms with Crippen LogP contribution in [0.1, 0.15) is 30.2 Å². The predicted molar refractivity (Wildman–Crippen MR) is 89.0 cm³/mol. The van der Waals surface area contributed by atoms with Crippen LogP contribution in [0.15, 0.2) is 36.7 Å². The van der Waals surface area contributed by atoms with Gasteiger partial charge in [-0.25, -0.2) is 4.98 Å². The second kappa shape index (κ2) is 7.99. The van der Waals surface area contributed by atoms with Crippen molar-refractivity contribution in [2.45, 2.75) is 32.1 Å². The van der Waals surface area contributed by atoms with E-state index in [1.807, 2.05) is 12.4 Å². The number of hydrogen-bond acceptors (Lipinski definition) is 3. The summed E-state index contributed by atoms with van der Waals surface area (Å²) < 4.78 is 0. The zero-order valence-electron chi connectivity index (χ0n) is 12.7. The van der Waals surface area contributed by atoms with Gasteiger partial charge in [0.25, 0.3) is 0 Å². The molecule has 0 unspecified atom stereocenters. The van der Waals surface area contributed by atoms with Crippen molar-refractivity contribution in [1.82, 2.24) is 9.97 Å². The van der Waals surface area contributed by atoms with Gasteiger partial charge in [0.2, 0.25) is 0 Å². The van der Waals surface area contributed by atoms with Crippen molar-refractivity contribution in [2.75, 3.05) is 18.5 Å². The monoisotopic (exact) mass is 303 g/mol. The van der Waals surface area contributed by atoms with Gasteiger partial charge in [-0.3, -0.25) is 4.98 Å². The normalized spacial score (nSPS) is 10.6. The number of aryl methyl sites for hydroxylation is 1. The van der Waals surface area contributed by atoms with E-state index in [0.717, 1.165) is 42.9 Å². The second-order valence-electron chi connectivity index (χ2n) is 5.24. The van der Waals surface area contributed by atoms with Crippen LogP contribution < -0.4 is 4.90 Å². The maximum absolute atomic E-state index is 6.00. The van der Waals surface area contributed by atoms with E-state index in [1.54, 1.807) is 0 Å². The lowest BCUT2D eigenvalue weighted by molar-refractivity contribution is 0.831. The minimum Gasteiger partial charge on any atom is -0.359 e. The van der Waals surface area contributed by atoms with Gasteiger partial charge in [0, 0.05) is 37.6 Å². The first-order valence-electron chi connectivity index (χ1n) is 7.38. The Bertz CT molecular complexity index is 557. The second-order valence-corrected chi connectivity index (χ2v) is 5.50. The lowest BCUT2D eigenvalue weighted by atomic mass is 10.1. The fraction of sp³-hybridized carbons (Fsp3) is 0.412. The van der Waals surface area contributed by atoms with Gasteiger partial charge in [0.05, 0.1) is 0 Å². The molecule has 0 bridgehead atoms. The molecule has 0 radical (unpaired) electrons. The van der Waals surface area contributed by atoms with Gasteiger partial charge in [0.15, 0.2) is 0 Å². The van der Waals surface area contributed by atoms with Gasteiger partial charge in [0.1, 0.15) is 5.82 Å². The SMILES string of the molecule is CCCc1cc(CCl)cc(N(C)CCc2ccncc2)n1. The molecular weight excluding hydrogens is 282 g/mol. The van der Waals surface area contributed by atoms with Crippen LogP contribution in [0.2, 0.25) is 0 Å². The Morgan fingerprint density at radius 3 is 2.52 bits per heavy atom. The third kappa shape index (κ3) is 4.71. The van der Waals surface area contributed by atoms with Crippen LogP contribution in [0, 0.1) is 0 Å². The fourth-order valence-corrected chi connectivity index (χ4v) is 2.41. The van der Waals surface area contributed by atoms with Crippen LogP contribution in [0.3, 0.4) is 0 Å². The Labute approximate surface area is 132 Å². The van der Waals surface area contributed by atoms with Crippen molar-refractivity contribution in [3.05, 3.63) is 53.5 Å². The first kappa shape index (κ1) is 15.8. The summed E-state index contributed by atoms with van der Waals surface area (Å²) in [5, 5.41) is 0. The summed E-state index contributed by atoms with van der Waals surface area (Å²) in [6.45, 7) is 3.09. The van der Waals surface area contributed by atoms with Gasteiger partial charge in [-0.15, -0.1) is 11.6 Å². The standard InChI is InChI=1S/C17H22ClN3/c1-3-4-16-11-15(13-18)12-17(20-16)21(2)10-7-14-5-8-19-9-6-14/h5-6,8-9,11-12H,3-4,7,10,13H2,1-2H3. The molecular formula is C17H22ClN3. The molecule has 2 heterocycles. The van der Waals surface area contributed by atoms with Crippen LogP contribution >= 0.6 is 11.6 Å². The maximum atomic E-state index is 6.00. The van der Waals surface area contributed by atoms with Crippen LogP contribution in [-0.2, 0) is 18.7 Å². The fourth-order valence-electron chi connectivity index (χ4n) is 2.25. The average molecular weight is 304 g/mol. The average Bonchev–Trinajstić information content (AvgIpc) is 2.53. The van der Waals surface area contributed by atoms with Gasteiger partial charge in [-0.2, -0.15) is 0 Å². The van der Waals surface area contributed by atoms with Gasteiger partial charge < -0.3 is 4.90 Å². The van der Waals surface area contributed by atoms with Gasteiger partial charge in [-0.05, 0) is 48.2 Å². The lowest BCUT2D eigenvalue weighted by Crippen LogP contribution is -2.22. The number of hydrogen-bond donors (Lipinski definition) is 0. The number of halogens is 1. The van der Waals surface area contributed by atoms with E-state index >= 15 is 0 Å². The summed E-state index contributed by atoms with van der Waals surface area (Å²) in [5.74, 6) is 1.54. The van der Waals surface area contributed by atoms with E-state index in [-0.39, 0.29) is 0 Å². The number of anilines is 1. The largest absolute Gasteiger partial charge is 0.359 e. The third-order valence-corrected chi connectivity index (χ3v) is 3.77. The molecule has 0 aromatic carbocycles. The third-order valence-electron chi connectivity index (χ3n) is 3.46. The molecule has 2 rings (SSSR count). The van der Waals surface area contributed by atoms with Crippen molar-refractivity contribution in [2.24, 2.45) is 0 Å². The molecule has 0 fully saturated rings. The zero-order valence-corrected chi connectivity index (χ0v) is 13.5. The highest BCUT2D eigenvalue weighted by molar-refractivity contribution is 6.17. The molecule has 21 heavy (non-hydrogen) atoms. The Morgan fingerprint density at radius 1 is 1.10 bits per heavy atom. The number of rotatable bonds is 7. The molecule has 0 aliphatic carbocycles.